The number of pyridine rings is 1. The van der Waals surface area contributed by atoms with Crippen LogP contribution in [0.25, 0.3) is 0 Å². The number of nitrogens with zero attached hydrogens (tertiary/aromatic N) is 2. The van der Waals surface area contributed by atoms with E-state index >= 15 is 0 Å². The molecule has 1 aromatic heterocycles. The van der Waals surface area contributed by atoms with Crippen LogP contribution in [0.15, 0.2) is 18.5 Å². The average Bonchev–Trinajstić information content (AvgIpc) is 2.45. The molecule has 0 aromatic carbocycles. The van der Waals surface area contributed by atoms with Crippen LogP contribution in [-0.2, 0) is 9.47 Å². The second-order valence-electron chi connectivity index (χ2n) is 6.50. The fraction of sp³-hybridized carbons (Fsp3) is 0.625. The van der Waals surface area contributed by atoms with E-state index in [0.29, 0.717) is 19.1 Å². The highest BCUT2D eigenvalue weighted by molar-refractivity contribution is 14.1. The zero-order valence-electron chi connectivity index (χ0n) is 13.3. The van der Waals surface area contributed by atoms with E-state index in [4.69, 9.17) is 9.47 Å². The Bertz CT molecular complexity index is 510. The van der Waals surface area contributed by atoms with Crippen molar-refractivity contribution in [2.45, 2.75) is 39.2 Å². The number of carbonyl (C=O) groups excluding carboxylic acids is 1. The Morgan fingerprint density at radius 2 is 2.32 bits per heavy atom. The van der Waals surface area contributed by atoms with Crippen molar-refractivity contribution in [1.82, 2.24) is 4.98 Å². The zero-order chi connectivity index (χ0) is 16.2. The Kier molecular flexibility index (Phi) is 6.02. The van der Waals surface area contributed by atoms with Gasteiger partial charge < -0.3 is 9.47 Å². The zero-order valence-corrected chi connectivity index (χ0v) is 15.5. The maximum Gasteiger partial charge on any atom is 0.414 e. The molecule has 1 amide bonds. The second-order valence-corrected chi connectivity index (χ2v) is 7.66. The summed E-state index contributed by atoms with van der Waals surface area (Å²) in [5, 5.41) is 0. The monoisotopic (exact) mass is 418 g/mol. The Hall–Kier alpha value is -0.890. The summed E-state index contributed by atoms with van der Waals surface area (Å²) < 4.78 is 12.1. The van der Waals surface area contributed by atoms with E-state index in [1.54, 1.807) is 17.3 Å². The van der Waals surface area contributed by atoms with Crippen molar-refractivity contribution >= 4 is 34.4 Å². The van der Waals surface area contributed by atoms with E-state index in [1.165, 1.54) is 0 Å². The van der Waals surface area contributed by atoms with Crippen molar-refractivity contribution in [3.05, 3.63) is 22.0 Å². The van der Waals surface area contributed by atoms with Crippen molar-refractivity contribution in [3.8, 4) is 0 Å². The summed E-state index contributed by atoms with van der Waals surface area (Å²) in [6.07, 6.45) is 5.22. The summed E-state index contributed by atoms with van der Waals surface area (Å²) in [7, 11) is 0. The summed E-state index contributed by atoms with van der Waals surface area (Å²) in [6, 6.07) is 1.89. The summed E-state index contributed by atoms with van der Waals surface area (Å²) >= 11 is 2.22. The van der Waals surface area contributed by atoms with Crippen LogP contribution in [-0.4, -0.2) is 36.4 Å². The summed E-state index contributed by atoms with van der Waals surface area (Å²) in [5.74, 6) is 0.331. The van der Waals surface area contributed by atoms with Crippen LogP contribution in [0.1, 0.15) is 33.6 Å². The van der Waals surface area contributed by atoms with E-state index < -0.39 is 5.60 Å². The van der Waals surface area contributed by atoms with Crippen LogP contribution in [0, 0.1) is 9.49 Å². The quantitative estimate of drug-likeness (QED) is 0.700. The molecular weight excluding hydrogens is 395 g/mol. The normalized spacial score (nSPS) is 18.8. The molecule has 0 aliphatic carbocycles. The van der Waals surface area contributed by atoms with Gasteiger partial charge in [0.2, 0.25) is 0 Å². The largest absolute Gasteiger partial charge is 0.443 e. The second kappa shape index (κ2) is 7.59. The molecule has 1 aromatic rings. The topological polar surface area (TPSA) is 51.7 Å². The van der Waals surface area contributed by atoms with Crippen LogP contribution in [0.2, 0.25) is 0 Å². The Balaban J connectivity index is 2.20. The molecule has 1 aliphatic heterocycles. The number of hydrogen-bond donors (Lipinski definition) is 0. The highest BCUT2D eigenvalue weighted by Gasteiger charge is 2.28. The van der Waals surface area contributed by atoms with Gasteiger partial charge in [0.25, 0.3) is 0 Å². The molecular formula is C16H23IN2O3. The molecule has 22 heavy (non-hydrogen) atoms. The van der Waals surface area contributed by atoms with Crippen molar-refractivity contribution in [2.75, 3.05) is 24.7 Å². The number of rotatable bonds is 3. The van der Waals surface area contributed by atoms with E-state index in [-0.39, 0.29) is 6.09 Å². The van der Waals surface area contributed by atoms with Crippen molar-refractivity contribution in [2.24, 2.45) is 5.92 Å². The molecule has 2 heterocycles. The standard InChI is InChI=1S/C16H23IN2O3/c1-16(2,3)22-15(20)19(10-12-5-4-8-21-11-12)14-9-18-7-6-13(14)17/h6-7,9,12H,4-5,8,10-11H2,1-3H3. The van der Waals surface area contributed by atoms with Gasteiger partial charge in [-0.2, -0.15) is 0 Å². The fourth-order valence-corrected chi connectivity index (χ4v) is 2.96. The molecule has 0 saturated carbocycles. The first-order chi connectivity index (χ1) is 10.4. The van der Waals surface area contributed by atoms with E-state index in [1.807, 2.05) is 26.8 Å². The smallest absolute Gasteiger partial charge is 0.414 e. The number of amides is 1. The first kappa shape index (κ1) is 17.5. The number of ether oxygens (including phenoxy) is 2. The molecule has 1 aliphatic rings. The van der Waals surface area contributed by atoms with Crippen LogP contribution >= 0.6 is 22.6 Å². The lowest BCUT2D eigenvalue weighted by molar-refractivity contribution is 0.0465. The SMILES string of the molecule is CC(C)(C)OC(=O)N(CC1CCCOC1)c1cnccc1I. The summed E-state index contributed by atoms with van der Waals surface area (Å²) in [5.41, 5.74) is 0.273. The lowest BCUT2D eigenvalue weighted by Crippen LogP contribution is -2.41. The molecule has 0 bridgehead atoms. The highest BCUT2D eigenvalue weighted by atomic mass is 127. The van der Waals surface area contributed by atoms with E-state index in [0.717, 1.165) is 28.7 Å². The third-order valence-electron chi connectivity index (χ3n) is 3.35. The van der Waals surface area contributed by atoms with Gasteiger partial charge in [0.15, 0.2) is 0 Å². The van der Waals surface area contributed by atoms with Crippen molar-refractivity contribution in [1.29, 1.82) is 0 Å². The Labute approximate surface area is 145 Å². The summed E-state index contributed by atoms with van der Waals surface area (Å²) in [6.45, 7) is 7.73. The van der Waals surface area contributed by atoms with Gasteiger partial charge in [-0.15, -0.1) is 0 Å². The molecule has 2 rings (SSSR count). The van der Waals surface area contributed by atoms with E-state index in [9.17, 15) is 4.79 Å². The van der Waals surface area contributed by atoms with Crippen LogP contribution in [0.3, 0.4) is 0 Å². The van der Waals surface area contributed by atoms with Crippen LogP contribution < -0.4 is 4.90 Å². The van der Waals surface area contributed by atoms with Gasteiger partial charge in [-0.3, -0.25) is 9.88 Å². The minimum Gasteiger partial charge on any atom is -0.443 e. The third kappa shape index (κ3) is 5.08. The lowest BCUT2D eigenvalue weighted by atomic mass is 10.0. The Morgan fingerprint density at radius 3 is 2.91 bits per heavy atom. The van der Waals surface area contributed by atoms with Crippen molar-refractivity contribution in [3.63, 3.8) is 0 Å². The van der Waals surface area contributed by atoms with Gasteiger partial charge >= 0.3 is 6.09 Å². The lowest BCUT2D eigenvalue weighted by Gasteiger charge is -2.32. The van der Waals surface area contributed by atoms with Crippen LogP contribution in [0.4, 0.5) is 10.5 Å². The average molecular weight is 418 g/mol. The number of halogens is 1. The molecule has 122 valence electrons. The minimum atomic E-state index is -0.522. The minimum absolute atomic E-state index is 0.330. The molecule has 0 radical (unpaired) electrons. The van der Waals surface area contributed by atoms with E-state index in [2.05, 4.69) is 27.6 Å². The molecule has 0 spiro atoms. The molecule has 5 nitrogen and oxygen atoms in total. The third-order valence-corrected chi connectivity index (χ3v) is 4.26. The predicted molar refractivity (Wildman–Crippen MR) is 94.1 cm³/mol. The van der Waals surface area contributed by atoms with Gasteiger partial charge in [0, 0.05) is 28.8 Å². The van der Waals surface area contributed by atoms with Crippen molar-refractivity contribution < 1.29 is 14.3 Å². The molecule has 1 saturated heterocycles. The van der Waals surface area contributed by atoms with Gasteiger partial charge in [0.1, 0.15) is 5.60 Å². The van der Waals surface area contributed by atoms with Gasteiger partial charge in [0.05, 0.1) is 18.5 Å². The predicted octanol–water partition coefficient (Wildman–Crippen LogP) is 3.85. The number of aromatic nitrogens is 1. The maximum atomic E-state index is 12.6. The molecule has 6 heteroatoms. The fourth-order valence-electron chi connectivity index (χ4n) is 2.37. The van der Waals surface area contributed by atoms with Crippen LogP contribution in [0.5, 0.6) is 0 Å². The number of anilines is 1. The maximum absolute atomic E-state index is 12.6. The van der Waals surface area contributed by atoms with Gasteiger partial charge in [-0.05, 0) is 62.3 Å². The highest BCUT2D eigenvalue weighted by Crippen LogP contribution is 2.26. The first-order valence-corrected chi connectivity index (χ1v) is 8.62. The molecule has 0 N–H and O–H groups in total. The first-order valence-electron chi connectivity index (χ1n) is 7.54. The Morgan fingerprint density at radius 1 is 1.55 bits per heavy atom. The molecule has 1 unspecified atom stereocenters. The molecule has 1 atom stereocenters. The number of hydrogen-bond acceptors (Lipinski definition) is 4. The summed E-state index contributed by atoms with van der Waals surface area (Å²) in [4.78, 5) is 18.5. The number of carbonyl (C=O) groups is 1. The van der Waals surface area contributed by atoms with Gasteiger partial charge in [-0.1, -0.05) is 0 Å². The molecule has 1 fully saturated rings. The van der Waals surface area contributed by atoms with Gasteiger partial charge in [-0.25, -0.2) is 4.79 Å².